The molecule has 0 N–H and O–H groups in total. The molecule has 4 nitrogen and oxygen atoms in total. The Balaban J connectivity index is 1.42. The Morgan fingerprint density at radius 2 is 1.86 bits per heavy atom. The van der Waals surface area contributed by atoms with Gasteiger partial charge in [0.05, 0.1) is 11.0 Å². The summed E-state index contributed by atoms with van der Waals surface area (Å²) >= 11 is 5.92. The largest absolute Gasteiger partial charge is 0.342 e. The van der Waals surface area contributed by atoms with E-state index in [0.717, 1.165) is 12.8 Å². The molecule has 1 unspecified atom stereocenters. The predicted molar refractivity (Wildman–Crippen MR) is 106 cm³/mol. The fraction of sp³-hybridized carbons (Fsp3) is 0.364. The first-order chi connectivity index (χ1) is 13.5. The first-order valence-corrected chi connectivity index (χ1v) is 9.94. The van der Waals surface area contributed by atoms with Gasteiger partial charge in [-0.1, -0.05) is 41.9 Å². The molecule has 2 heterocycles. The lowest BCUT2D eigenvalue weighted by Gasteiger charge is -2.24. The molecule has 0 bridgehead atoms. The molecule has 2 aromatic carbocycles. The van der Waals surface area contributed by atoms with Crippen LogP contribution in [-0.4, -0.2) is 47.8 Å². The molecule has 2 saturated heterocycles. The van der Waals surface area contributed by atoms with Crippen molar-refractivity contribution in [2.24, 2.45) is 5.41 Å². The second-order valence-corrected chi connectivity index (χ2v) is 8.10. The summed E-state index contributed by atoms with van der Waals surface area (Å²) in [6, 6.07) is 14.1. The summed E-state index contributed by atoms with van der Waals surface area (Å²) in [5, 5.41) is 0.322. The highest BCUT2D eigenvalue weighted by molar-refractivity contribution is 6.31. The van der Waals surface area contributed by atoms with Crippen molar-refractivity contribution in [3.8, 4) is 0 Å². The van der Waals surface area contributed by atoms with E-state index < -0.39 is 17.1 Å². The van der Waals surface area contributed by atoms with E-state index in [2.05, 4.69) is 12.1 Å². The molecule has 2 aliphatic rings. The third kappa shape index (κ3) is 3.51. The Hall–Kier alpha value is -2.40. The smallest absolute Gasteiger partial charge is 0.256 e. The third-order valence-electron chi connectivity index (χ3n) is 5.91. The summed E-state index contributed by atoms with van der Waals surface area (Å²) in [6.45, 7) is 2.20. The number of benzene rings is 2. The van der Waals surface area contributed by atoms with E-state index >= 15 is 0 Å². The van der Waals surface area contributed by atoms with Crippen molar-refractivity contribution in [1.29, 1.82) is 0 Å². The molecule has 28 heavy (non-hydrogen) atoms. The molecule has 2 aliphatic heterocycles. The number of rotatable bonds is 4. The zero-order valence-electron chi connectivity index (χ0n) is 15.5. The van der Waals surface area contributed by atoms with Crippen LogP contribution in [0.25, 0.3) is 0 Å². The maximum Gasteiger partial charge on any atom is 0.256 e. The summed E-state index contributed by atoms with van der Waals surface area (Å²) in [5.74, 6) is -0.865. The number of hydrogen-bond acceptors (Lipinski definition) is 2. The summed E-state index contributed by atoms with van der Waals surface area (Å²) < 4.78 is 14.1. The van der Waals surface area contributed by atoms with Crippen LogP contribution in [-0.2, 0) is 11.2 Å². The predicted octanol–water partition coefficient (Wildman–Crippen LogP) is 3.79. The third-order valence-corrected chi connectivity index (χ3v) is 6.15. The number of carbonyl (C=O) groups is 2. The molecule has 2 amide bonds. The van der Waals surface area contributed by atoms with Gasteiger partial charge in [0.1, 0.15) is 5.82 Å². The van der Waals surface area contributed by atoms with Gasteiger partial charge in [-0.05, 0) is 43.0 Å². The van der Waals surface area contributed by atoms with Gasteiger partial charge < -0.3 is 9.80 Å². The summed E-state index contributed by atoms with van der Waals surface area (Å²) in [7, 11) is 0. The van der Waals surface area contributed by atoms with Crippen molar-refractivity contribution >= 4 is 23.4 Å². The van der Waals surface area contributed by atoms with Crippen LogP contribution in [0.4, 0.5) is 4.39 Å². The minimum Gasteiger partial charge on any atom is -0.342 e. The van der Waals surface area contributed by atoms with Crippen molar-refractivity contribution in [3.63, 3.8) is 0 Å². The molecular weight excluding hydrogens is 379 g/mol. The molecule has 0 aliphatic carbocycles. The van der Waals surface area contributed by atoms with Crippen LogP contribution in [0.2, 0.25) is 5.02 Å². The molecule has 6 heteroatoms. The van der Waals surface area contributed by atoms with E-state index in [1.807, 2.05) is 23.1 Å². The fourth-order valence-corrected chi connectivity index (χ4v) is 4.44. The van der Waals surface area contributed by atoms with Gasteiger partial charge in [0.2, 0.25) is 5.91 Å². The van der Waals surface area contributed by atoms with Crippen LogP contribution < -0.4 is 0 Å². The Kier molecular flexibility index (Phi) is 5.11. The molecule has 0 radical (unpaired) electrons. The van der Waals surface area contributed by atoms with Gasteiger partial charge in [0, 0.05) is 31.2 Å². The Bertz CT molecular complexity index is 905. The van der Waals surface area contributed by atoms with Crippen LogP contribution >= 0.6 is 11.6 Å². The van der Waals surface area contributed by atoms with E-state index in [4.69, 9.17) is 11.6 Å². The molecule has 2 fully saturated rings. The van der Waals surface area contributed by atoms with Crippen molar-refractivity contribution in [2.45, 2.75) is 19.3 Å². The first kappa shape index (κ1) is 18.9. The number of halogens is 2. The minimum atomic E-state index is -0.586. The van der Waals surface area contributed by atoms with Gasteiger partial charge in [-0.25, -0.2) is 4.39 Å². The van der Waals surface area contributed by atoms with Crippen LogP contribution in [0.15, 0.2) is 48.5 Å². The maximum atomic E-state index is 14.1. The lowest BCUT2D eigenvalue weighted by molar-refractivity contribution is -0.135. The van der Waals surface area contributed by atoms with Crippen molar-refractivity contribution in [3.05, 3.63) is 70.5 Å². The second-order valence-electron chi connectivity index (χ2n) is 7.66. The van der Waals surface area contributed by atoms with E-state index in [0.29, 0.717) is 37.6 Å². The molecule has 0 saturated carbocycles. The quantitative estimate of drug-likeness (QED) is 0.783. The Morgan fingerprint density at radius 1 is 1.11 bits per heavy atom. The number of amides is 2. The van der Waals surface area contributed by atoms with Crippen molar-refractivity contribution in [1.82, 2.24) is 9.80 Å². The monoisotopic (exact) mass is 400 g/mol. The van der Waals surface area contributed by atoms with Gasteiger partial charge in [-0.15, -0.1) is 0 Å². The summed E-state index contributed by atoms with van der Waals surface area (Å²) in [6.07, 6.45) is 2.18. The van der Waals surface area contributed by atoms with Gasteiger partial charge in [-0.2, -0.15) is 0 Å². The zero-order chi connectivity index (χ0) is 19.7. The standard InChI is InChI=1S/C22H22ClFN2O2/c23-17-6-7-19(24)18(14-17)20(27)26-13-10-22(15-26)9-12-25(21(22)28)11-8-16-4-2-1-3-5-16/h1-7,14H,8-13,15H2. The normalized spacial score (nSPS) is 21.7. The first-order valence-electron chi connectivity index (χ1n) is 9.56. The average Bonchev–Trinajstić information content (AvgIpc) is 3.28. The average molecular weight is 401 g/mol. The lowest BCUT2D eigenvalue weighted by atomic mass is 9.85. The van der Waals surface area contributed by atoms with Gasteiger partial charge in [-0.3, -0.25) is 9.59 Å². The number of hydrogen-bond donors (Lipinski definition) is 0. The SMILES string of the molecule is O=C(c1cc(Cl)ccc1F)N1CCC2(CCN(CCc3ccccc3)C2=O)C1. The maximum absolute atomic E-state index is 14.1. The highest BCUT2D eigenvalue weighted by Gasteiger charge is 2.51. The van der Waals surface area contributed by atoms with E-state index in [-0.39, 0.29) is 11.5 Å². The fourth-order valence-electron chi connectivity index (χ4n) is 4.27. The van der Waals surface area contributed by atoms with E-state index in [9.17, 15) is 14.0 Å². The van der Waals surface area contributed by atoms with Crippen molar-refractivity contribution in [2.75, 3.05) is 26.2 Å². The number of likely N-dealkylation sites (tertiary alicyclic amines) is 2. The Labute approximate surface area is 168 Å². The molecule has 146 valence electrons. The topological polar surface area (TPSA) is 40.6 Å². The van der Waals surface area contributed by atoms with Crippen LogP contribution in [0, 0.1) is 11.2 Å². The van der Waals surface area contributed by atoms with Crippen LogP contribution in [0.3, 0.4) is 0 Å². The van der Waals surface area contributed by atoms with Gasteiger partial charge in [0.15, 0.2) is 0 Å². The Morgan fingerprint density at radius 3 is 2.64 bits per heavy atom. The molecular formula is C22H22ClFN2O2. The highest BCUT2D eigenvalue weighted by Crippen LogP contribution is 2.41. The van der Waals surface area contributed by atoms with E-state index in [1.165, 1.54) is 23.8 Å². The summed E-state index contributed by atoms with van der Waals surface area (Å²) in [4.78, 5) is 29.3. The highest BCUT2D eigenvalue weighted by atomic mass is 35.5. The molecule has 4 rings (SSSR count). The number of nitrogens with zero attached hydrogens (tertiary/aromatic N) is 2. The van der Waals surface area contributed by atoms with Gasteiger partial charge in [0.25, 0.3) is 5.91 Å². The minimum absolute atomic E-state index is 0.0315. The van der Waals surface area contributed by atoms with Gasteiger partial charge >= 0.3 is 0 Å². The second kappa shape index (κ2) is 7.55. The molecule has 2 aromatic rings. The molecule has 0 aromatic heterocycles. The molecule has 1 spiro atoms. The lowest BCUT2D eigenvalue weighted by Crippen LogP contribution is -2.39. The summed E-state index contributed by atoms with van der Waals surface area (Å²) in [5.41, 5.74) is 0.647. The van der Waals surface area contributed by atoms with Crippen LogP contribution in [0.1, 0.15) is 28.8 Å². The van der Waals surface area contributed by atoms with Crippen molar-refractivity contribution < 1.29 is 14.0 Å². The van der Waals surface area contributed by atoms with Crippen LogP contribution in [0.5, 0.6) is 0 Å². The zero-order valence-corrected chi connectivity index (χ0v) is 16.3. The van der Waals surface area contributed by atoms with E-state index in [1.54, 1.807) is 4.90 Å². The molecule has 1 atom stereocenters. The number of carbonyl (C=O) groups excluding carboxylic acids is 2.